The molecule has 9 nitrogen and oxygen atoms in total. The van der Waals surface area contributed by atoms with Gasteiger partial charge in [0.2, 0.25) is 0 Å². The van der Waals surface area contributed by atoms with Crippen molar-refractivity contribution in [2.24, 2.45) is 5.92 Å². The maximum atomic E-state index is 12.3. The zero-order valence-electron chi connectivity index (χ0n) is 30.7. The number of allylic oxidation sites excluding steroid dienone is 8. The zero-order valence-corrected chi connectivity index (χ0v) is 31.6. The predicted molar refractivity (Wildman–Crippen MR) is 198 cm³/mol. The van der Waals surface area contributed by atoms with Gasteiger partial charge in [-0.1, -0.05) is 140 Å². The quantitative estimate of drug-likeness (QED) is 0.0170. The molecule has 0 bridgehead atoms. The van der Waals surface area contributed by atoms with Gasteiger partial charge in [0.05, 0.1) is 6.61 Å². The lowest BCUT2D eigenvalue weighted by Gasteiger charge is -2.18. The van der Waals surface area contributed by atoms with E-state index in [4.69, 9.17) is 19.3 Å². The third-order valence-electron chi connectivity index (χ3n) is 7.75. The molecule has 0 aliphatic rings. The summed E-state index contributed by atoms with van der Waals surface area (Å²) in [7, 11) is -4.78. The predicted octanol–water partition coefficient (Wildman–Crippen LogP) is 10.2. The number of hydrogen-bond donors (Lipinski definition) is 2. The zero-order chi connectivity index (χ0) is 36.4. The van der Waals surface area contributed by atoms with Crippen LogP contribution in [-0.2, 0) is 32.9 Å². The van der Waals surface area contributed by atoms with Crippen LogP contribution in [0, 0.1) is 5.92 Å². The van der Waals surface area contributed by atoms with Gasteiger partial charge >= 0.3 is 19.8 Å². The Hall–Kier alpha value is -2.32. The van der Waals surface area contributed by atoms with Crippen molar-refractivity contribution in [3.05, 3.63) is 48.6 Å². The van der Waals surface area contributed by atoms with Crippen LogP contribution in [0.15, 0.2) is 48.6 Å². The van der Waals surface area contributed by atoms with Gasteiger partial charge < -0.3 is 19.3 Å². The Labute approximate surface area is 297 Å². The first-order valence-electron chi connectivity index (χ1n) is 18.7. The number of phosphoric ester groups is 1. The monoisotopic (exact) mass is 710 g/mol. The number of carbonyl (C=O) groups excluding carboxylic acids is 3. The minimum atomic E-state index is -4.78. The van der Waals surface area contributed by atoms with Crippen LogP contribution in [0.5, 0.6) is 0 Å². The molecular weight excluding hydrogens is 643 g/mol. The third kappa shape index (κ3) is 36.8. The van der Waals surface area contributed by atoms with Crippen LogP contribution in [0.3, 0.4) is 0 Å². The smallest absolute Gasteiger partial charge is 0.462 e. The van der Waals surface area contributed by atoms with E-state index in [1.807, 2.05) is 36.5 Å². The molecule has 1 atom stereocenters. The van der Waals surface area contributed by atoms with Gasteiger partial charge in [0.25, 0.3) is 0 Å². The Morgan fingerprint density at radius 3 is 1.86 bits per heavy atom. The molecule has 2 N–H and O–H groups in total. The molecule has 0 aromatic heterocycles. The van der Waals surface area contributed by atoms with E-state index in [1.54, 1.807) is 12.2 Å². The molecule has 0 unspecified atom stereocenters. The van der Waals surface area contributed by atoms with E-state index >= 15 is 0 Å². The lowest BCUT2D eigenvalue weighted by atomic mass is 10.0. The number of ether oxygens (including phenoxy) is 2. The van der Waals surface area contributed by atoms with Crippen LogP contribution in [-0.4, -0.2) is 46.8 Å². The molecule has 0 rings (SSSR count). The lowest BCUT2D eigenvalue weighted by molar-refractivity contribution is -0.161. The standard InChI is InChI=1S/C39H67O9P/c1-4-5-23-29-36(40)30-25-20-16-12-7-6-8-14-18-22-27-32-39(42)48-37(34-47-49(43,44)45)33-46-38(41)31-26-21-17-13-10-9-11-15-19-24-28-35(2)3/h6-7,14,16,18,20,25,30,35,37H,4-5,8-13,15,17,19,21-24,26-29,31-34H2,1-3H3,(H2,43,44,45)/b7-6-,18-14-,20-16-,30-25+/t37-/m1/s1. The summed E-state index contributed by atoms with van der Waals surface area (Å²) >= 11 is 0. The highest BCUT2D eigenvalue weighted by Crippen LogP contribution is 2.36. The van der Waals surface area contributed by atoms with Crippen molar-refractivity contribution in [1.29, 1.82) is 0 Å². The number of hydrogen-bond acceptors (Lipinski definition) is 7. The summed E-state index contributed by atoms with van der Waals surface area (Å²) < 4.78 is 26.2. The fourth-order valence-electron chi connectivity index (χ4n) is 4.92. The molecule has 0 aliphatic heterocycles. The number of phosphoric acid groups is 1. The van der Waals surface area contributed by atoms with Crippen molar-refractivity contribution in [2.75, 3.05) is 13.2 Å². The summed E-state index contributed by atoms with van der Waals surface area (Å²) in [5.41, 5.74) is 0. The van der Waals surface area contributed by atoms with Crippen LogP contribution < -0.4 is 0 Å². The summed E-state index contributed by atoms with van der Waals surface area (Å²) in [6.45, 7) is 5.76. The van der Waals surface area contributed by atoms with E-state index in [0.29, 0.717) is 25.7 Å². The van der Waals surface area contributed by atoms with Gasteiger partial charge in [-0.3, -0.25) is 18.9 Å². The normalized spacial score (nSPS) is 13.0. The highest BCUT2D eigenvalue weighted by atomic mass is 31.2. The van der Waals surface area contributed by atoms with E-state index in [1.165, 1.54) is 44.9 Å². The molecule has 0 aromatic carbocycles. The molecule has 0 heterocycles. The van der Waals surface area contributed by atoms with Crippen molar-refractivity contribution in [3.63, 3.8) is 0 Å². The Bertz CT molecular complexity index is 1010. The molecule has 0 amide bonds. The average Bonchev–Trinajstić information content (AvgIpc) is 3.04. The molecule has 0 saturated heterocycles. The summed E-state index contributed by atoms with van der Waals surface area (Å²) in [5, 5.41) is 0. The second kappa shape index (κ2) is 32.9. The molecule has 49 heavy (non-hydrogen) atoms. The van der Waals surface area contributed by atoms with Gasteiger partial charge in [0, 0.05) is 19.3 Å². The van der Waals surface area contributed by atoms with Crippen molar-refractivity contribution in [2.45, 2.75) is 162 Å². The van der Waals surface area contributed by atoms with Gasteiger partial charge in [-0.15, -0.1) is 0 Å². The topological polar surface area (TPSA) is 136 Å². The number of ketones is 1. The lowest BCUT2D eigenvalue weighted by Crippen LogP contribution is -2.29. The van der Waals surface area contributed by atoms with Gasteiger partial charge in [-0.2, -0.15) is 0 Å². The van der Waals surface area contributed by atoms with Crippen LogP contribution >= 0.6 is 7.82 Å². The summed E-state index contributed by atoms with van der Waals surface area (Å²) in [5.74, 6) is -0.0328. The average molecular weight is 711 g/mol. The summed E-state index contributed by atoms with van der Waals surface area (Å²) in [6, 6.07) is 0. The molecule has 0 fully saturated rings. The number of rotatable bonds is 33. The number of carbonyl (C=O) groups is 3. The Kier molecular flexibility index (Phi) is 31.3. The van der Waals surface area contributed by atoms with E-state index in [-0.39, 0.29) is 25.2 Å². The van der Waals surface area contributed by atoms with Crippen LogP contribution in [0.4, 0.5) is 0 Å². The van der Waals surface area contributed by atoms with Gasteiger partial charge in [-0.05, 0) is 50.5 Å². The van der Waals surface area contributed by atoms with E-state index in [9.17, 15) is 18.9 Å². The van der Waals surface area contributed by atoms with Crippen LogP contribution in [0.25, 0.3) is 0 Å². The second-order valence-corrected chi connectivity index (χ2v) is 14.3. The molecular formula is C39H67O9P. The molecule has 0 spiro atoms. The minimum Gasteiger partial charge on any atom is -0.462 e. The number of unbranched alkanes of at least 4 members (excludes halogenated alkanes) is 12. The summed E-state index contributed by atoms with van der Waals surface area (Å²) in [6.07, 6.45) is 34.0. The van der Waals surface area contributed by atoms with Crippen LogP contribution in [0.2, 0.25) is 0 Å². The fourth-order valence-corrected chi connectivity index (χ4v) is 5.28. The van der Waals surface area contributed by atoms with E-state index in [2.05, 4.69) is 25.3 Å². The second-order valence-electron chi connectivity index (χ2n) is 13.1. The van der Waals surface area contributed by atoms with Crippen molar-refractivity contribution < 1.29 is 42.7 Å². The molecule has 10 heteroatoms. The fraction of sp³-hybridized carbons (Fsp3) is 0.718. The van der Waals surface area contributed by atoms with Crippen molar-refractivity contribution in [3.8, 4) is 0 Å². The van der Waals surface area contributed by atoms with Gasteiger partial charge in [0.15, 0.2) is 11.9 Å². The third-order valence-corrected chi connectivity index (χ3v) is 8.24. The van der Waals surface area contributed by atoms with Gasteiger partial charge in [0.1, 0.15) is 6.61 Å². The first-order chi connectivity index (χ1) is 23.5. The highest BCUT2D eigenvalue weighted by Gasteiger charge is 2.22. The van der Waals surface area contributed by atoms with Crippen molar-refractivity contribution >= 4 is 25.5 Å². The molecule has 0 aliphatic carbocycles. The molecule has 0 saturated carbocycles. The first kappa shape index (κ1) is 46.7. The molecule has 0 radical (unpaired) electrons. The first-order valence-corrected chi connectivity index (χ1v) is 20.3. The summed E-state index contributed by atoms with van der Waals surface area (Å²) in [4.78, 5) is 54.3. The SMILES string of the molecule is CCCCCC(=O)/C=C/C=C\C/C=C\C/C=C\CCCC(=O)O[C@H](COC(=O)CCCCCCCCCCCCC(C)C)COP(=O)(O)O. The number of esters is 2. The Morgan fingerprint density at radius 1 is 0.653 bits per heavy atom. The van der Waals surface area contributed by atoms with Gasteiger partial charge in [-0.25, -0.2) is 4.57 Å². The van der Waals surface area contributed by atoms with E-state index < -0.39 is 32.5 Å². The van der Waals surface area contributed by atoms with Crippen molar-refractivity contribution in [1.82, 2.24) is 0 Å². The van der Waals surface area contributed by atoms with Crippen LogP contribution in [0.1, 0.15) is 156 Å². The maximum absolute atomic E-state index is 12.3. The Balaban J connectivity index is 4.14. The van der Waals surface area contributed by atoms with E-state index in [0.717, 1.165) is 57.3 Å². The largest absolute Gasteiger partial charge is 0.469 e. The minimum absolute atomic E-state index is 0.109. The Morgan fingerprint density at radius 2 is 1.22 bits per heavy atom. The highest BCUT2D eigenvalue weighted by molar-refractivity contribution is 7.46. The molecule has 282 valence electrons. The molecule has 0 aromatic rings. The maximum Gasteiger partial charge on any atom is 0.469 e.